The van der Waals surface area contributed by atoms with Gasteiger partial charge in [-0.25, -0.2) is 8.78 Å². The van der Waals surface area contributed by atoms with Gasteiger partial charge < -0.3 is 0 Å². The summed E-state index contributed by atoms with van der Waals surface area (Å²) in [5, 5.41) is 0. The summed E-state index contributed by atoms with van der Waals surface area (Å²) >= 11 is 0. The van der Waals surface area contributed by atoms with Crippen LogP contribution < -0.4 is 0 Å². The minimum Gasteiger partial charge on any atom is -0.204 e. The van der Waals surface area contributed by atoms with Crippen LogP contribution in [0.3, 0.4) is 0 Å². The Morgan fingerprint density at radius 2 is 1.67 bits per heavy atom. The summed E-state index contributed by atoms with van der Waals surface area (Å²) in [5.41, 5.74) is 1.59. The molecule has 2 fully saturated rings. The molecular formula is C22H32F2. The van der Waals surface area contributed by atoms with Crippen molar-refractivity contribution in [3.63, 3.8) is 0 Å². The molecular weight excluding hydrogens is 302 g/mol. The van der Waals surface area contributed by atoms with Gasteiger partial charge in [-0.15, -0.1) is 0 Å². The zero-order valence-electron chi connectivity index (χ0n) is 15.1. The molecule has 0 amide bonds. The average molecular weight is 334 g/mol. The third-order valence-electron chi connectivity index (χ3n) is 6.89. The van der Waals surface area contributed by atoms with Crippen LogP contribution in [-0.4, -0.2) is 0 Å². The molecule has 1 aromatic carbocycles. The molecule has 0 aliphatic heterocycles. The first-order chi connectivity index (χ1) is 11.6. The van der Waals surface area contributed by atoms with Crippen molar-refractivity contribution in [1.29, 1.82) is 0 Å². The number of hydrogen-bond donors (Lipinski definition) is 0. The van der Waals surface area contributed by atoms with E-state index in [4.69, 9.17) is 0 Å². The number of unbranched alkanes of at least 4 members (excludes halogenated alkanes) is 1. The van der Waals surface area contributed by atoms with Crippen molar-refractivity contribution in [3.8, 4) is 0 Å². The van der Waals surface area contributed by atoms with Gasteiger partial charge in [0.2, 0.25) is 0 Å². The third kappa shape index (κ3) is 3.83. The fourth-order valence-electron chi connectivity index (χ4n) is 5.45. The summed E-state index contributed by atoms with van der Waals surface area (Å²) in [4.78, 5) is 0. The van der Waals surface area contributed by atoms with Gasteiger partial charge in [0.15, 0.2) is 11.6 Å². The highest BCUT2D eigenvalue weighted by molar-refractivity contribution is 5.22. The largest absolute Gasteiger partial charge is 0.204 e. The molecule has 0 spiro atoms. The van der Waals surface area contributed by atoms with Gasteiger partial charge >= 0.3 is 0 Å². The van der Waals surface area contributed by atoms with Gasteiger partial charge in [-0.2, -0.15) is 0 Å². The van der Waals surface area contributed by atoms with E-state index in [2.05, 4.69) is 6.92 Å². The first-order valence-electron chi connectivity index (χ1n) is 10.1. The van der Waals surface area contributed by atoms with E-state index in [-0.39, 0.29) is 0 Å². The third-order valence-corrected chi connectivity index (χ3v) is 6.89. The SMILES string of the molecule is CCCCC1([C@H]2CC[C@H](c3ccc(F)c(F)c3)CC2)CCCCC1. The van der Waals surface area contributed by atoms with Crippen LogP contribution in [0, 0.1) is 23.0 Å². The molecule has 3 rings (SSSR count). The zero-order chi connectivity index (χ0) is 17.0. The van der Waals surface area contributed by atoms with Gasteiger partial charge in [-0.05, 0) is 79.9 Å². The van der Waals surface area contributed by atoms with Crippen LogP contribution in [0.15, 0.2) is 18.2 Å². The Balaban J connectivity index is 1.65. The zero-order valence-corrected chi connectivity index (χ0v) is 15.1. The second kappa shape index (κ2) is 7.97. The Hall–Kier alpha value is -0.920. The first-order valence-corrected chi connectivity index (χ1v) is 10.1. The van der Waals surface area contributed by atoms with E-state index in [1.807, 2.05) is 0 Å². The second-order valence-electron chi connectivity index (χ2n) is 8.25. The summed E-state index contributed by atoms with van der Waals surface area (Å²) in [6.45, 7) is 2.30. The molecule has 2 aliphatic carbocycles. The number of rotatable bonds is 5. The van der Waals surface area contributed by atoms with Gasteiger partial charge in [-0.3, -0.25) is 0 Å². The summed E-state index contributed by atoms with van der Waals surface area (Å²) in [6.07, 6.45) is 16.0. The molecule has 0 atom stereocenters. The Morgan fingerprint density at radius 3 is 2.29 bits per heavy atom. The van der Waals surface area contributed by atoms with E-state index in [1.165, 1.54) is 76.3 Å². The molecule has 1 aromatic rings. The number of hydrogen-bond acceptors (Lipinski definition) is 0. The topological polar surface area (TPSA) is 0 Å². The molecule has 2 heteroatoms. The van der Waals surface area contributed by atoms with Crippen LogP contribution in [0.5, 0.6) is 0 Å². The molecule has 134 valence electrons. The van der Waals surface area contributed by atoms with Gasteiger partial charge in [0.05, 0.1) is 0 Å². The highest BCUT2D eigenvalue weighted by atomic mass is 19.2. The van der Waals surface area contributed by atoms with Crippen LogP contribution in [-0.2, 0) is 0 Å². The van der Waals surface area contributed by atoms with Crippen LogP contribution in [0.1, 0.15) is 95.5 Å². The lowest BCUT2D eigenvalue weighted by atomic mass is 9.58. The minimum absolute atomic E-state index is 0.420. The van der Waals surface area contributed by atoms with Gasteiger partial charge in [0.1, 0.15) is 0 Å². The molecule has 0 saturated heterocycles. The first kappa shape index (κ1) is 17.9. The van der Waals surface area contributed by atoms with Crippen molar-refractivity contribution in [2.75, 3.05) is 0 Å². The van der Waals surface area contributed by atoms with Crippen LogP contribution in [0.25, 0.3) is 0 Å². The maximum absolute atomic E-state index is 13.5. The summed E-state index contributed by atoms with van der Waals surface area (Å²) in [5.74, 6) is -0.149. The fraction of sp³-hybridized carbons (Fsp3) is 0.727. The predicted octanol–water partition coefficient (Wildman–Crippen LogP) is 7.38. The second-order valence-corrected chi connectivity index (χ2v) is 8.25. The van der Waals surface area contributed by atoms with Gasteiger partial charge in [-0.1, -0.05) is 45.1 Å². The average Bonchev–Trinajstić information content (AvgIpc) is 2.63. The molecule has 0 heterocycles. The van der Waals surface area contributed by atoms with Crippen LogP contribution in [0.4, 0.5) is 8.78 Å². The Kier molecular flexibility index (Phi) is 5.94. The van der Waals surface area contributed by atoms with Crippen LogP contribution in [0.2, 0.25) is 0 Å². The summed E-state index contributed by atoms with van der Waals surface area (Å²) in [7, 11) is 0. The normalized spacial score (nSPS) is 27.1. The monoisotopic (exact) mass is 334 g/mol. The smallest absolute Gasteiger partial charge is 0.159 e. The lowest BCUT2D eigenvalue weighted by Crippen LogP contribution is -2.35. The lowest BCUT2D eigenvalue weighted by Gasteiger charge is -2.47. The highest BCUT2D eigenvalue weighted by Gasteiger charge is 2.40. The minimum atomic E-state index is -0.729. The van der Waals surface area contributed by atoms with E-state index in [0.717, 1.165) is 24.3 Å². The maximum atomic E-state index is 13.5. The molecule has 2 saturated carbocycles. The van der Waals surface area contributed by atoms with Crippen molar-refractivity contribution >= 4 is 0 Å². The van der Waals surface area contributed by atoms with Crippen molar-refractivity contribution in [1.82, 2.24) is 0 Å². The summed E-state index contributed by atoms with van der Waals surface area (Å²) in [6, 6.07) is 4.51. The Labute approximate surface area is 146 Å². The Bertz CT molecular complexity index is 523. The molecule has 0 N–H and O–H groups in total. The quantitative estimate of drug-likeness (QED) is 0.527. The molecule has 0 nitrogen and oxygen atoms in total. The highest BCUT2D eigenvalue weighted by Crippen LogP contribution is 2.53. The molecule has 2 aliphatic rings. The molecule has 0 aromatic heterocycles. The lowest BCUT2D eigenvalue weighted by molar-refractivity contribution is 0.0511. The van der Waals surface area contributed by atoms with E-state index in [1.54, 1.807) is 6.07 Å². The standard InChI is InChI=1S/C22H32F2/c1-2-3-13-22(14-5-4-6-15-22)19-10-7-17(8-11-19)18-9-12-20(23)21(24)16-18/h9,12,16-17,19H,2-8,10-11,13-15H2,1H3/t17-,19-. The van der Waals surface area contributed by atoms with Crippen molar-refractivity contribution in [2.45, 2.75) is 89.9 Å². The van der Waals surface area contributed by atoms with E-state index in [9.17, 15) is 8.78 Å². The van der Waals surface area contributed by atoms with Gasteiger partial charge in [0.25, 0.3) is 0 Å². The van der Waals surface area contributed by atoms with Gasteiger partial charge in [0, 0.05) is 0 Å². The number of halogens is 2. The Morgan fingerprint density at radius 1 is 0.958 bits per heavy atom. The number of benzene rings is 1. The maximum Gasteiger partial charge on any atom is 0.159 e. The van der Waals surface area contributed by atoms with Crippen molar-refractivity contribution in [3.05, 3.63) is 35.4 Å². The van der Waals surface area contributed by atoms with E-state index >= 15 is 0 Å². The van der Waals surface area contributed by atoms with Crippen molar-refractivity contribution in [2.24, 2.45) is 11.3 Å². The fourth-order valence-corrected chi connectivity index (χ4v) is 5.45. The molecule has 0 radical (unpaired) electrons. The summed E-state index contributed by atoms with van der Waals surface area (Å²) < 4.78 is 26.7. The van der Waals surface area contributed by atoms with E-state index in [0.29, 0.717) is 11.3 Å². The van der Waals surface area contributed by atoms with Crippen molar-refractivity contribution < 1.29 is 8.78 Å². The molecule has 0 unspecified atom stereocenters. The van der Waals surface area contributed by atoms with Crippen LogP contribution >= 0.6 is 0 Å². The molecule has 0 bridgehead atoms. The van der Waals surface area contributed by atoms with E-state index < -0.39 is 11.6 Å². The molecule has 24 heavy (non-hydrogen) atoms. The predicted molar refractivity (Wildman–Crippen MR) is 96.1 cm³/mol.